The number of aryl methyl sites for hydroxylation is 1. The normalized spacial score (nSPS) is 11.4. The molecule has 1 rings (SSSR count). The molecule has 5 nitrogen and oxygen atoms in total. The number of carboxylic acids is 1. The van der Waals surface area contributed by atoms with Crippen LogP contribution < -0.4 is 0 Å². The first kappa shape index (κ1) is 13.7. The summed E-state index contributed by atoms with van der Waals surface area (Å²) in [7, 11) is -3.49. The summed E-state index contributed by atoms with van der Waals surface area (Å²) in [6.45, 7) is -0.0609. The highest BCUT2D eigenvalue weighted by atomic mass is 32.2. The third-order valence-electron chi connectivity index (χ3n) is 2.16. The van der Waals surface area contributed by atoms with Crippen LogP contribution in [0.25, 0.3) is 0 Å². The average Bonchev–Trinajstić information content (AvgIpc) is 2.23. The maximum Gasteiger partial charge on any atom is 0.303 e. The van der Waals surface area contributed by atoms with Gasteiger partial charge in [-0.05, 0) is 17.5 Å². The SMILES string of the molecule is CS(=O)(=O)OCc1ccccc1CCC(=O)O. The molecule has 1 aromatic rings. The summed E-state index contributed by atoms with van der Waals surface area (Å²) in [6, 6.07) is 7.03. The first-order valence-corrected chi connectivity index (χ1v) is 6.83. The number of carboxylic acid groups (broad SMARTS) is 1. The van der Waals surface area contributed by atoms with Crippen LogP contribution in [-0.2, 0) is 32.1 Å². The Hall–Kier alpha value is -1.40. The maximum absolute atomic E-state index is 10.9. The Morgan fingerprint density at radius 2 is 1.88 bits per heavy atom. The van der Waals surface area contributed by atoms with E-state index in [9.17, 15) is 13.2 Å². The zero-order valence-electron chi connectivity index (χ0n) is 9.42. The molecule has 0 aliphatic rings. The molecule has 1 N–H and O–H groups in total. The molecule has 1 aromatic carbocycles. The molecule has 0 spiro atoms. The van der Waals surface area contributed by atoms with Crippen molar-refractivity contribution in [2.45, 2.75) is 19.4 Å². The minimum absolute atomic E-state index is 0.00981. The fraction of sp³-hybridized carbons (Fsp3) is 0.364. The van der Waals surface area contributed by atoms with Crippen LogP contribution in [0.15, 0.2) is 24.3 Å². The predicted molar refractivity (Wildman–Crippen MR) is 62.0 cm³/mol. The first-order chi connectivity index (χ1) is 7.88. The molecule has 6 heteroatoms. The molecule has 0 fully saturated rings. The van der Waals surface area contributed by atoms with Crippen molar-refractivity contribution >= 4 is 16.1 Å². The lowest BCUT2D eigenvalue weighted by Gasteiger charge is -2.07. The molecule has 0 atom stereocenters. The van der Waals surface area contributed by atoms with Gasteiger partial charge in [0.2, 0.25) is 0 Å². The molecule has 17 heavy (non-hydrogen) atoms. The van der Waals surface area contributed by atoms with Gasteiger partial charge in [-0.3, -0.25) is 8.98 Å². The van der Waals surface area contributed by atoms with Gasteiger partial charge in [-0.15, -0.1) is 0 Å². The van der Waals surface area contributed by atoms with Gasteiger partial charge in [-0.1, -0.05) is 24.3 Å². The Labute approximate surface area is 100 Å². The Morgan fingerprint density at radius 1 is 1.29 bits per heavy atom. The van der Waals surface area contributed by atoms with Crippen molar-refractivity contribution in [1.29, 1.82) is 0 Å². The van der Waals surface area contributed by atoms with Crippen LogP contribution in [-0.4, -0.2) is 25.7 Å². The number of benzene rings is 1. The summed E-state index contributed by atoms with van der Waals surface area (Å²) < 4.78 is 26.4. The van der Waals surface area contributed by atoms with Crippen molar-refractivity contribution in [2.24, 2.45) is 0 Å². The highest BCUT2D eigenvalue weighted by molar-refractivity contribution is 7.85. The van der Waals surface area contributed by atoms with E-state index in [1.54, 1.807) is 24.3 Å². The van der Waals surface area contributed by atoms with Crippen LogP contribution in [0, 0.1) is 0 Å². The lowest BCUT2D eigenvalue weighted by molar-refractivity contribution is -0.136. The summed E-state index contributed by atoms with van der Waals surface area (Å²) in [5.41, 5.74) is 1.48. The lowest BCUT2D eigenvalue weighted by Crippen LogP contribution is -2.06. The van der Waals surface area contributed by atoms with Gasteiger partial charge in [0, 0.05) is 6.42 Å². The first-order valence-electron chi connectivity index (χ1n) is 5.01. The molecule has 0 radical (unpaired) electrons. The summed E-state index contributed by atoms with van der Waals surface area (Å²) in [4.78, 5) is 10.5. The minimum atomic E-state index is -3.49. The molecule has 0 aliphatic heterocycles. The van der Waals surface area contributed by atoms with Crippen LogP contribution in [0.3, 0.4) is 0 Å². The van der Waals surface area contributed by atoms with Crippen LogP contribution in [0.1, 0.15) is 17.5 Å². The van der Waals surface area contributed by atoms with Crippen LogP contribution in [0.4, 0.5) is 0 Å². The molecule has 0 amide bonds. The van der Waals surface area contributed by atoms with E-state index in [1.165, 1.54) is 0 Å². The molecule has 0 saturated heterocycles. The number of aliphatic carboxylic acids is 1. The molecule has 0 heterocycles. The Morgan fingerprint density at radius 3 is 2.41 bits per heavy atom. The van der Waals surface area contributed by atoms with Gasteiger partial charge >= 0.3 is 5.97 Å². The van der Waals surface area contributed by atoms with E-state index < -0.39 is 16.1 Å². The zero-order chi connectivity index (χ0) is 12.9. The van der Waals surface area contributed by atoms with E-state index in [0.29, 0.717) is 12.0 Å². The molecule has 0 unspecified atom stereocenters. The van der Waals surface area contributed by atoms with E-state index in [1.807, 2.05) is 0 Å². The third kappa shape index (κ3) is 5.46. The van der Waals surface area contributed by atoms with Gasteiger partial charge in [0.25, 0.3) is 10.1 Å². The quantitative estimate of drug-likeness (QED) is 0.775. The summed E-state index contributed by atoms with van der Waals surface area (Å²) in [5, 5.41) is 8.60. The van der Waals surface area contributed by atoms with E-state index in [2.05, 4.69) is 4.18 Å². The Balaban J connectivity index is 2.74. The standard InChI is InChI=1S/C11H14O5S/c1-17(14,15)16-8-10-5-3-2-4-9(10)6-7-11(12)13/h2-5H,6-8H2,1H3,(H,12,13). The summed E-state index contributed by atoms with van der Waals surface area (Å²) >= 11 is 0. The average molecular weight is 258 g/mol. The number of hydrogen-bond acceptors (Lipinski definition) is 4. The van der Waals surface area contributed by atoms with Gasteiger partial charge in [-0.25, -0.2) is 0 Å². The minimum Gasteiger partial charge on any atom is -0.481 e. The second-order valence-electron chi connectivity index (χ2n) is 3.63. The fourth-order valence-corrected chi connectivity index (χ4v) is 1.70. The van der Waals surface area contributed by atoms with Crippen LogP contribution in [0.2, 0.25) is 0 Å². The van der Waals surface area contributed by atoms with Crippen molar-refractivity contribution in [2.75, 3.05) is 6.26 Å². The molecular weight excluding hydrogens is 244 g/mol. The number of hydrogen-bond donors (Lipinski definition) is 1. The Bertz CT molecular complexity index is 492. The number of carbonyl (C=O) groups is 1. The molecule has 0 aliphatic carbocycles. The molecule has 94 valence electrons. The van der Waals surface area contributed by atoms with E-state index in [-0.39, 0.29) is 13.0 Å². The Kier molecular flexibility index (Phi) is 4.65. The summed E-state index contributed by atoms with van der Waals surface area (Å²) in [6.07, 6.45) is 1.35. The van der Waals surface area contributed by atoms with Crippen molar-refractivity contribution in [3.63, 3.8) is 0 Å². The van der Waals surface area contributed by atoms with Crippen molar-refractivity contribution in [3.05, 3.63) is 35.4 Å². The highest BCUT2D eigenvalue weighted by Gasteiger charge is 2.07. The van der Waals surface area contributed by atoms with Crippen LogP contribution in [0.5, 0.6) is 0 Å². The van der Waals surface area contributed by atoms with Crippen molar-refractivity contribution < 1.29 is 22.5 Å². The smallest absolute Gasteiger partial charge is 0.303 e. The molecule has 0 aromatic heterocycles. The van der Waals surface area contributed by atoms with Crippen molar-refractivity contribution in [3.8, 4) is 0 Å². The lowest BCUT2D eigenvalue weighted by atomic mass is 10.0. The third-order valence-corrected chi connectivity index (χ3v) is 2.70. The molecular formula is C11H14O5S. The van der Waals surface area contributed by atoms with Gasteiger partial charge < -0.3 is 5.11 Å². The second-order valence-corrected chi connectivity index (χ2v) is 5.27. The number of rotatable bonds is 6. The second kappa shape index (κ2) is 5.79. The topological polar surface area (TPSA) is 80.7 Å². The van der Waals surface area contributed by atoms with Crippen LogP contribution >= 0.6 is 0 Å². The van der Waals surface area contributed by atoms with Gasteiger partial charge in [0.05, 0.1) is 12.9 Å². The zero-order valence-corrected chi connectivity index (χ0v) is 10.2. The monoisotopic (exact) mass is 258 g/mol. The predicted octanol–water partition coefficient (Wildman–Crippen LogP) is 1.18. The molecule has 0 saturated carbocycles. The summed E-state index contributed by atoms with van der Waals surface area (Å²) in [5.74, 6) is -0.885. The van der Waals surface area contributed by atoms with E-state index >= 15 is 0 Å². The fourth-order valence-electron chi connectivity index (χ4n) is 1.35. The molecule has 0 bridgehead atoms. The van der Waals surface area contributed by atoms with Gasteiger partial charge in [0.1, 0.15) is 0 Å². The van der Waals surface area contributed by atoms with Gasteiger partial charge in [-0.2, -0.15) is 8.42 Å². The van der Waals surface area contributed by atoms with Gasteiger partial charge in [0.15, 0.2) is 0 Å². The largest absolute Gasteiger partial charge is 0.481 e. The maximum atomic E-state index is 10.9. The van der Waals surface area contributed by atoms with E-state index in [0.717, 1.165) is 11.8 Å². The van der Waals surface area contributed by atoms with Crippen molar-refractivity contribution in [1.82, 2.24) is 0 Å². The highest BCUT2D eigenvalue weighted by Crippen LogP contribution is 2.13. The van der Waals surface area contributed by atoms with E-state index in [4.69, 9.17) is 5.11 Å².